The monoisotopic (exact) mass is 522 g/mol. The second-order valence-corrected chi connectivity index (χ2v) is 8.60. The third-order valence-corrected chi connectivity index (χ3v) is 4.94. The molecule has 0 fully saturated rings. The van der Waals surface area contributed by atoms with Crippen molar-refractivity contribution in [3.05, 3.63) is 48.6 Å². The molecular formula is C18H20I2O2. The average molecular weight is 522 g/mol. The molecule has 4 heteroatoms. The second-order valence-electron chi connectivity index (χ2n) is 6.27. The SMILES string of the molecule is COc1ccc(Oc2c(I)cc(C)cc2I)cc1C(C)(C)C. The molecule has 2 nitrogen and oxygen atoms in total. The molecule has 0 saturated carbocycles. The van der Waals surface area contributed by atoms with Crippen LogP contribution < -0.4 is 9.47 Å². The molecule has 0 saturated heterocycles. The van der Waals surface area contributed by atoms with Crippen LogP contribution in [0.2, 0.25) is 0 Å². The van der Waals surface area contributed by atoms with Crippen LogP contribution in [0.4, 0.5) is 0 Å². The summed E-state index contributed by atoms with van der Waals surface area (Å²) in [6.45, 7) is 8.62. The zero-order chi connectivity index (χ0) is 16.5. The molecule has 0 radical (unpaired) electrons. The van der Waals surface area contributed by atoms with Crippen LogP contribution in [0.25, 0.3) is 0 Å². The number of hydrogen-bond donors (Lipinski definition) is 0. The number of rotatable bonds is 3. The number of ether oxygens (including phenoxy) is 2. The van der Waals surface area contributed by atoms with Gasteiger partial charge in [-0.25, -0.2) is 0 Å². The Hall–Kier alpha value is -0.500. The normalized spacial score (nSPS) is 11.4. The summed E-state index contributed by atoms with van der Waals surface area (Å²) in [6, 6.07) is 10.3. The van der Waals surface area contributed by atoms with Gasteiger partial charge in [0.1, 0.15) is 11.5 Å². The summed E-state index contributed by atoms with van der Waals surface area (Å²) in [5.74, 6) is 2.65. The molecule has 0 heterocycles. The van der Waals surface area contributed by atoms with Crippen LogP contribution in [0, 0.1) is 14.1 Å². The molecule has 0 aliphatic rings. The number of benzene rings is 2. The van der Waals surface area contributed by atoms with Crippen molar-refractivity contribution < 1.29 is 9.47 Å². The average Bonchev–Trinajstić information content (AvgIpc) is 2.41. The molecule has 0 atom stereocenters. The van der Waals surface area contributed by atoms with Crippen LogP contribution in [-0.4, -0.2) is 7.11 Å². The Balaban J connectivity index is 2.43. The largest absolute Gasteiger partial charge is 0.496 e. The van der Waals surface area contributed by atoms with Crippen molar-refractivity contribution in [2.24, 2.45) is 0 Å². The topological polar surface area (TPSA) is 18.5 Å². The van der Waals surface area contributed by atoms with Gasteiger partial charge < -0.3 is 9.47 Å². The molecule has 0 N–H and O–H groups in total. The minimum atomic E-state index is -0.00169. The Bertz CT molecular complexity index is 665. The molecule has 0 unspecified atom stereocenters. The van der Waals surface area contributed by atoms with Crippen LogP contribution in [0.3, 0.4) is 0 Å². The van der Waals surface area contributed by atoms with E-state index in [-0.39, 0.29) is 5.41 Å². The first kappa shape index (κ1) is 17.8. The van der Waals surface area contributed by atoms with Gasteiger partial charge in [0, 0.05) is 5.56 Å². The third kappa shape index (κ3) is 4.07. The molecule has 2 aromatic carbocycles. The van der Waals surface area contributed by atoms with Crippen LogP contribution in [-0.2, 0) is 5.41 Å². The highest BCUT2D eigenvalue weighted by atomic mass is 127. The highest BCUT2D eigenvalue weighted by Crippen LogP contribution is 2.37. The lowest BCUT2D eigenvalue weighted by Crippen LogP contribution is -2.12. The van der Waals surface area contributed by atoms with Gasteiger partial charge in [-0.2, -0.15) is 0 Å². The zero-order valence-corrected chi connectivity index (χ0v) is 17.8. The fraction of sp³-hybridized carbons (Fsp3) is 0.333. The van der Waals surface area contributed by atoms with E-state index in [4.69, 9.17) is 9.47 Å². The predicted molar refractivity (Wildman–Crippen MR) is 108 cm³/mol. The van der Waals surface area contributed by atoms with Gasteiger partial charge in [-0.1, -0.05) is 20.8 Å². The van der Waals surface area contributed by atoms with Crippen LogP contribution in [0.5, 0.6) is 17.2 Å². The molecule has 22 heavy (non-hydrogen) atoms. The fourth-order valence-electron chi connectivity index (χ4n) is 2.24. The lowest BCUT2D eigenvalue weighted by atomic mass is 9.86. The number of methoxy groups -OCH3 is 1. The van der Waals surface area contributed by atoms with E-state index in [9.17, 15) is 0 Å². The molecular weight excluding hydrogens is 502 g/mol. The number of hydrogen-bond acceptors (Lipinski definition) is 2. The quantitative estimate of drug-likeness (QED) is 0.441. The second kappa shape index (κ2) is 6.95. The van der Waals surface area contributed by atoms with E-state index in [0.717, 1.165) is 30.0 Å². The molecule has 0 aliphatic carbocycles. The molecule has 118 valence electrons. The summed E-state index contributed by atoms with van der Waals surface area (Å²) in [5.41, 5.74) is 2.38. The lowest BCUT2D eigenvalue weighted by molar-refractivity contribution is 0.394. The maximum Gasteiger partial charge on any atom is 0.154 e. The molecule has 2 aromatic rings. The third-order valence-electron chi connectivity index (χ3n) is 3.34. The van der Waals surface area contributed by atoms with Crippen molar-refractivity contribution in [2.75, 3.05) is 7.11 Å². The van der Waals surface area contributed by atoms with E-state index >= 15 is 0 Å². The van der Waals surface area contributed by atoms with Crippen molar-refractivity contribution in [1.82, 2.24) is 0 Å². The van der Waals surface area contributed by atoms with Gasteiger partial charge in [-0.15, -0.1) is 0 Å². The smallest absolute Gasteiger partial charge is 0.154 e. The minimum Gasteiger partial charge on any atom is -0.496 e. The Kier molecular flexibility index (Phi) is 5.63. The van der Waals surface area contributed by atoms with Crippen molar-refractivity contribution in [1.29, 1.82) is 0 Å². The van der Waals surface area contributed by atoms with Gasteiger partial charge in [0.2, 0.25) is 0 Å². The van der Waals surface area contributed by atoms with Crippen LogP contribution in [0.1, 0.15) is 31.9 Å². The first-order valence-corrected chi connectivity index (χ1v) is 9.20. The molecule has 0 amide bonds. The van der Waals surface area contributed by atoms with Crippen LogP contribution >= 0.6 is 45.2 Å². The Morgan fingerprint density at radius 1 is 0.955 bits per heavy atom. The van der Waals surface area contributed by atoms with E-state index in [1.807, 2.05) is 12.1 Å². The van der Waals surface area contributed by atoms with Crippen molar-refractivity contribution in [3.8, 4) is 17.2 Å². The maximum absolute atomic E-state index is 6.16. The molecule has 0 bridgehead atoms. The molecule has 0 aliphatic heterocycles. The van der Waals surface area contributed by atoms with Crippen molar-refractivity contribution in [3.63, 3.8) is 0 Å². The summed E-state index contributed by atoms with van der Waals surface area (Å²) >= 11 is 4.65. The van der Waals surface area contributed by atoms with Gasteiger partial charge in [-0.3, -0.25) is 0 Å². The van der Waals surface area contributed by atoms with Crippen molar-refractivity contribution in [2.45, 2.75) is 33.1 Å². The standard InChI is InChI=1S/C18H20I2O2/c1-11-8-14(19)17(15(20)9-11)22-12-6-7-16(21-5)13(10-12)18(2,3)4/h6-10H,1-5H3. The van der Waals surface area contributed by atoms with Gasteiger partial charge in [0.25, 0.3) is 0 Å². The van der Waals surface area contributed by atoms with Crippen molar-refractivity contribution >= 4 is 45.2 Å². The maximum atomic E-state index is 6.16. The first-order chi connectivity index (χ1) is 10.2. The minimum absolute atomic E-state index is 0.00169. The predicted octanol–water partition coefficient (Wildman–Crippen LogP) is 6.30. The zero-order valence-electron chi connectivity index (χ0n) is 13.5. The summed E-state index contributed by atoms with van der Waals surface area (Å²) in [4.78, 5) is 0. The number of halogens is 2. The van der Waals surface area contributed by atoms with Gasteiger partial charge in [-0.05, 0) is 93.4 Å². The Morgan fingerprint density at radius 2 is 1.55 bits per heavy atom. The Labute approximate surface area is 159 Å². The number of aryl methyl sites for hydroxylation is 1. The first-order valence-electron chi connectivity index (χ1n) is 7.04. The van der Waals surface area contributed by atoms with E-state index in [1.54, 1.807) is 7.11 Å². The lowest BCUT2D eigenvalue weighted by Gasteiger charge is -2.23. The van der Waals surface area contributed by atoms with Gasteiger partial charge in [0.15, 0.2) is 5.75 Å². The Morgan fingerprint density at radius 3 is 2.05 bits per heavy atom. The summed E-state index contributed by atoms with van der Waals surface area (Å²) in [7, 11) is 1.71. The highest BCUT2D eigenvalue weighted by molar-refractivity contribution is 14.1. The highest BCUT2D eigenvalue weighted by Gasteiger charge is 2.20. The fourth-order valence-corrected chi connectivity index (χ4v) is 4.54. The van der Waals surface area contributed by atoms with Gasteiger partial charge in [0.05, 0.1) is 14.3 Å². The molecule has 0 spiro atoms. The summed E-state index contributed by atoms with van der Waals surface area (Å²) < 4.78 is 13.9. The summed E-state index contributed by atoms with van der Waals surface area (Å²) in [5, 5.41) is 0. The van der Waals surface area contributed by atoms with Crippen LogP contribution in [0.15, 0.2) is 30.3 Å². The molecule has 2 rings (SSSR count). The van der Waals surface area contributed by atoms with E-state index < -0.39 is 0 Å². The van der Waals surface area contributed by atoms with E-state index in [2.05, 4.69) is 91.1 Å². The van der Waals surface area contributed by atoms with E-state index in [0.29, 0.717) is 0 Å². The van der Waals surface area contributed by atoms with E-state index in [1.165, 1.54) is 5.56 Å². The molecule has 0 aromatic heterocycles. The van der Waals surface area contributed by atoms with Gasteiger partial charge >= 0.3 is 0 Å². The summed E-state index contributed by atoms with van der Waals surface area (Å²) in [6.07, 6.45) is 0.